The first kappa shape index (κ1) is 16.9. The van der Waals surface area contributed by atoms with Gasteiger partial charge in [0, 0.05) is 18.3 Å². The molecule has 0 aromatic carbocycles. The van der Waals surface area contributed by atoms with Crippen LogP contribution in [0.25, 0.3) is 6.08 Å². The van der Waals surface area contributed by atoms with Crippen LogP contribution in [-0.4, -0.2) is 51.3 Å². The van der Waals surface area contributed by atoms with Crippen molar-refractivity contribution in [3.05, 3.63) is 38.1 Å². The summed E-state index contributed by atoms with van der Waals surface area (Å²) >= 11 is 5.43. The molecule has 2 rings (SSSR count). The summed E-state index contributed by atoms with van der Waals surface area (Å²) in [5.74, 6) is 0. The molecule has 1 aromatic rings. The molecular formula is C13H17ClN2O6. The summed E-state index contributed by atoms with van der Waals surface area (Å²) in [5.41, 5.74) is -0.131. The lowest BCUT2D eigenvalue weighted by Crippen LogP contribution is -2.38. The Morgan fingerprint density at radius 3 is 2.82 bits per heavy atom. The minimum Gasteiger partial charge on any atom is -0.387 e. The van der Waals surface area contributed by atoms with E-state index in [-0.39, 0.29) is 12.2 Å². The molecule has 0 spiro atoms. The quantitative estimate of drug-likeness (QED) is 0.663. The van der Waals surface area contributed by atoms with Crippen LogP contribution in [0, 0.1) is 0 Å². The fourth-order valence-electron chi connectivity index (χ4n) is 2.21. The number of halogens is 1. The van der Waals surface area contributed by atoms with Crippen LogP contribution in [0.15, 0.2) is 21.3 Å². The Balaban J connectivity index is 2.33. The van der Waals surface area contributed by atoms with Crippen molar-refractivity contribution in [2.75, 3.05) is 13.2 Å². The average molecular weight is 333 g/mol. The molecule has 1 aliphatic rings. The summed E-state index contributed by atoms with van der Waals surface area (Å²) in [7, 11) is 0. The van der Waals surface area contributed by atoms with Crippen LogP contribution in [0.4, 0.5) is 0 Å². The first-order valence-corrected chi connectivity index (χ1v) is 7.14. The van der Waals surface area contributed by atoms with Crippen molar-refractivity contribution in [1.29, 1.82) is 0 Å². The topological polar surface area (TPSA) is 114 Å². The molecule has 0 bridgehead atoms. The second-order valence-electron chi connectivity index (χ2n) is 4.75. The van der Waals surface area contributed by atoms with Crippen molar-refractivity contribution in [2.45, 2.75) is 31.5 Å². The highest BCUT2D eigenvalue weighted by molar-refractivity contribution is 6.27. The molecule has 0 aliphatic carbocycles. The minimum absolute atomic E-state index is 0.0811. The molecule has 1 aromatic heterocycles. The summed E-state index contributed by atoms with van der Waals surface area (Å²) in [6.45, 7) is 2.29. The van der Waals surface area contributed by atoms with Gasteiger partial charge in [-0.2, -0.15) is 0 Å². The van der Waals surface area contributed by atoms with Crippen molar-refractivity contribution >= 4 is 17.7 Å². The van der Waals surface area contributed by atoms with Crippen molar-refractivity contribution in [2.24, 2.45) is 0 Å². The fraction of sp³-hybridized carbons (Fsp3) is 0.538. The Morgan fingerprint density at radius 2 is 2.18 bits per heavy atom. The van der Waals surface area contributed by atoms with E-state index >= 15 is 0 Å². The zero-order valence-electron chi connectivity index (χ0n) is 11.8. The standard InChI is InChI=1S/C13H17ClN2O6/c1-2-21-6-8-9(17)10(18)12(22-8)16-5-7(3-4-14)11(19)15-13(16)20/h3-5,8-10,12,17-18H,2,6H2,1H3,(H,15,19,20)/t8-,9-,10+,12-/m1/s1. The maximum absolute atomic E-state index is 11.9. The van der Waals surface area contributed by atoms with Gasteiger partial charge in [0.15, 0.2) is 6.23 Å². The molecule has 1 fully saturated rings. The van der Waals surface area contributed by atoms with Crippen LogP contribution in [-0.2, 0) is 9.47 Å². The number of aliphatic hydroxyl groups is 2. The molecule has 1 aliphatic heterocycles. The predicted molar refractivity (Wildman–Crippen MR) is 78.6 cm³/mol. The number of aromatic amines is 1. The summed E-state index contributed by atoms with van der Waals surface area (Å²) < 4.78 is 11.7. The Kier molecular flexibility index (Phi) is 5.54. The number of nitrogens with zero attached hydrogens (tertiary/aromatic N) is 1. The number of hydrogen-bond donors (Lipinski definition) is 3. The summed E-state index contributed by atoms with van der Waals surface area (Å²) in [6.07, 6.45) is -1.93. The lowest BCUT2D eigenvalue weighted by atomic mass is 10.1. The zero-order valence-corrected chi connectivity index (χ0v) is 12.6. The first-order chi connectivity index (χ1) is 10.5. The van der Waals surface area contributed by atoms with Crippen molar-refractivity contribution in [3.63, 3.8) is 0 Å². The van der Waals surface area contributed by atoms with E-state index in [0.29, 0.717) is 6.61 Å². The Labute approximate surface area is 130 Å². The molecule has 0 saturated carbocycles. The highest BCUT2D eigenvalue weighted by atomic mass is 35.5. The molecule has 2 heterocycles. The molecule has 3 N–H and O–H groups in total. The van der Waals surface area contributed by atoms with Gasteiger partial charge in [-0.3, -0.25) is 14.3 Å². The maximum Gasteiger partial charge on any atom is 0.330 e. The number of hydrogen-bond acceptors (Lipinski definition) is 6. The van der Waals surface area contributed by atoms with E-state index in [2.05, 4.69) is 4.98 Å². The van der Waals surface area contributed by atoms with Crippen LogP contribution in [0.3, 0.4) is 0 Å². The lowest BCUT2D eigenvalue weighted by molar-refractivity contribution is -0.0669. The summed E-state index contributed by atoms with van der Waals surface area (Å²) in [4.78, 5) is 25.6. The number of aromatic nitrogens is 2. The maximum atomic E-state index is 11.9. The van der Waals surface area contributed by atoms with Gasteiger partial charge in [0.25, 0.3) is 5.56 Å². The first-order valence-electron chi connectivity index (χ1n) is 6.71. The van der Waals surface area contributed by atoms with Gasteiger partial charge in [0.2, 0.25) is 0 Å². The third-order valence-electron chi connectivity index (χ3n) is 3.34. The Bertz CT molecular complexity index is 655. The molecule has 4 atom stereocenters. The van der Waals surface area contributed by atoms with E-state index < -0.39 is 35.8 Å². The fourth-order valence-corrected chi connectivity index (χ4v) is 2.34. The number of H-pyrrole nitrogens is 1. The third-order valence-corrected chi connectivity index (χ3v) is 3.46. The van der Waals surface area contributed by atoms with E-state index in [9.17, 15) is 19.8 Å². The molecule has 8 nitrogen and oxygen atoms in total. The molecule has 122 valence electrons. The second kappa shape index (κ2) is 7.21. The van der Waals surface area contributed by atoms with Gasteiger partial charge >= 0.3 is 5.69 Å². The van der Waals surface area contributed by atoms with Crippen LogP contribution >= 0.6 is 11.6 Å². The second-order valence-corrected chi connectivity index (χ2v) is 5.00. The smallest absolute Gasteiger partial charge is 0.330 e. The molecule has 0 amide bonds. The van der Waals surface area contributed by atoms with Gasteiger partial charge in [-0.1, -0.05) is 11.6 Å². The van der Waals surface area contributed by atoms with E-state index in [4.69, 9.17) is 21.1 Å². The zero-order chi connectivity index (χ0) is 16.3. The largest absolute Gasteiger partial charge is 0.387 e. The Morgan fingerprint density at radius 1 is 1.45 bits per heavy atom. The van der Waals surface area contributed by atoms with E-state index in [0.717, 1.165) is 10.1 Å². The lowest BCUT2D eigenvalue weighted by Gasteiger charge is -2.17. The monoisotopic (exact) mass is 332 g/mol. The van der Waals surface area contributed by atoms with E-state index in [1.165, 1.54) is 12.3 Å². The van der Waals surface area contributed by atoms with E-state index in [1.54, 1.807) is 6.92 Å². The van der Waals surface area contributed by atoms with Crippen molar-refractivity contribution in [1.82, 2.24) is 9.55 Å². The number of rotatable bonds is 5. The number of nitrogens with one attached hydrogen (secondary N) is 1. The van der Waals surface area contributed by atoms with Crippen LogP contribution in [0.5, 0.6) is 0 Å². The molecular weight excluding hydrogens is 316 g/mol. The Hall–Kier alpha value is -1.45. The highest BCUT2D eigenvalue weighted by Gasteiger charge is 2.44. The molecule has 1 saturated heterocycles. The number of aliphatic hydroxyl groups excluding tert-OH is 2. The van der Waals surface area contributed by atoms with Gasteiger partial charge < -0.3 is 19.7 Å². The molecule has 0 unspecified atom stereocenters. The van der Waals surface area contributed by atoms with Crippen LogP contribution < -0.4 is 11.2 Å². The highest BCUT2D eigenvalue weighted by Crippen LogP contribution is 2.28. The van der Waals surface area contributed by atoms with Gasteiger partial charge in [-0.05, 0) is 13.0 Å². The molecule has 9 heteroatoms. The van der Waals surface area contributed by atoms with Gasteiger partial charge in [0.05, 0.1) is 12.2 Å². The summed E-state index contributed by atoms with van der Waals surface area (Å²) in [5, 5.41) is 20.0. The number of ether oxygens (including phenoxy) is 2. The third kappa shape index (κ3) is 3.31. The van der Waals surface area contributed by atoms with Gasteiger partial charge in [-0.15, -0.1) is 0 Å². The SMILES string of the molecule is CCOC[C@H]1O[C@@H](n2cc(C=CCl)c(=O)[nH]c2=O)[C@@H](O)[C@@H]1O. The van der Waals surface area contributed by atoms with Gasteiger partial charge in [-0.25, -0.2) is 4.79 Å². The van der Waals surface area contributed by atoms with Crippen molar-refractivity contribution < 1.29 is 19.7 Å². The average Bonchev–Trinajstić information content (AvgIpc) is 2.76. The van der Waals surface area contributed by atoms with Crippen LogP contribution in [0.2, 0.25) is 0 Å². The molecule has 0 radical (unpaired) electrons. The van der Waals surface area contributed by atoms with Crippen LogP contribution in [0.1, 0.15) is 18.7 Å². The van der Waals surface area contributed by atoms with Crippen molar-refractivity contribution in [3.8, 4) is 0 Å². The summed E-state index contributed by atoms with van der Waals surface area (Å²) in [6, 6.07) is 0. The minimum atomic E-state index is -1.33. The normalized spacial score (nSPS) is 28.5. The van der Waals surface area contributed by atoms with E-state index in [1.807, 2.05) is 0 Å². The predicted octanol–water partition coefficient (Wildman–Crippen LogP) is -0.598. The van der Waals surface area contributed by atoms with Gasteiger partial charge in [0.1, 0.15) is 18.3 Å². The molecule has 22 heavy (non-hydrogen) atoms.